The summed E-state index contributed by atoms with van der Waals surface area (Å²) < 4.78 is 14.5. The van der Waals surface area contributed by atoms with E-state index >= 15 is 0 Å². The fourth-order valence-electron chi connectivity index (χ4n) is 1.81. The van der Waals surface area contributed by atoms with Crippen molar-refractivity contribution in [1.82, 2.24) is 0 Å². The van der Waals surface area contributed by atoms with Gasteiger partial charge in [0.25, 0.3) is 5.69 Å². The lowest BCUT2D eigenvalue weighted by Crippen LogP contribution is -2.20. The Hall–Kier alpha value is -1.45. The lowest BCUT2D eigenvalue weighted by molar-refractivity contribution is -0.385. The summed E-state index contributed by atoms with van der Waals surface area (Å²) in [4.78, 5) is 10.5. The van der Waals surface area contributed by atoms with Crippen LogP contribution in [0.25, 0.3) is 0 Å². The van der Waals surface area contributed by atoms with Gasteiger partial charge in [-0.1, -0.05) is 41.5 Å². The largest absolute Gasteiger partial charge is 0.270 e. The first kappa shape index (κ1) is 14.6. The van der Waals surface area contributed by atoms with Crippen LogP contribution in [0.3, 0.4) is 0 Å². The van der Waals surface area contributed by atoms with Crippen LogP contribution in [-0.2, 0) is 10.8 Å². The van der Waals surface area contributed by atoms with E-state index in [2.05, 4.69) is 0 Å². The van der Waals surface area contributed by atoms with Gasteiger partial charge in [0.05, 0.1) is 4.92 Å². The molecular formula is C14H20FNO2. The van der Waals surface area contributed by atoms with Crippen molar-refractivity contribution in [2.24, 2.45) is 0 Å². The second-order valence-electron chi connectivity index (χ2n) is 6.61. The lowest BCUT2D eigenvalue weighted by Gasteiger charge is -2.26. The number of benzene rings is 1. The van der Waals surface area contributed by atoms with Gasteiger partial charge in [-0.2, -0.15) is 0 Å². The van der Waals surface area contributed by atoms with Gasteiger partial charge in [-0.25, -0.2) is 4.39 Å². The normalized spacial score (nSPS) is 12.6. The highest BCUT2D eigenvalue weighted by atomic mass is 19.1. The zero-order valence-corrected chi connectivity index (χ0v) is 11.8. The zero-order chi connectivity index (χ0) is 14.3. The molecule has 1 aromatic carbocycles. The van der Waals surface area contributed by atoms with E-state index in [0.29, 0.717) is 11.1 Å². The summed E-state index contributed by atoms with van der Waals surface area (Å²) in [5.74, 6) is -0.333. The number of hydrogen-bond donors (Lipinski definition) is 0. The van der Waals surface area contributed by atoms with Crippen LogP contribution in [0, 0.1) is 15.9 Å². The van der Waals surface area contributed by atoms with Gasteiger partial charge in [-0.3, -0.25) is 10.1 Å². The van der Waals surface area contributed by atoms with Crippen LogP contribution < -0.4 is 0 Å². The Labute approximate surface area is 107 Å². The summed E-state index contributed by atoms with van der Waals surface area (Å²) in [6.45, 7) is 11.1. The van der Waals surface area contributed by atoms with Crippen molar-refractivity contribution in [2.45, 2.75) is 52.4 Å². The summed E-state index contributed by atoms with van der Waals surface area (Å²) in [7, 11) is 0. The molecule has 1 aromatic rings. The van der Waals surface area contributed by atoms with Crippen LogP contribution in [0.4, 0.5) is 10.1 Å². The molecule has 3 nitrogen and oxygen atoms in total. The van der Waals surface area contributed by atoms with Crippen LogP contribution in [-0.4, -0.2) is 4.92 Å². The monoisotopic (exact) mass is 253 g/mol. The van der Waals surface area contributed by atoms with E-state index in [1.807, 2.05) is 41.5 Å². The van der Waals surface area contributed by atoms with Gasteiger partial charge in [0.15, 0.2) is 0 Å². The van der Waals surface area contributed by atoms with Crippen LogP contribution in [0.15, 0.2) is 12.1 Å². The third-order valence-corrected chi connectivity index (χ3v) is 2.88. The van der Waals surface area contributed by atoms with Crippen molar-refractivity contribution in [1.29, 1.82) is 0 Å². The van der Waals surface area contributed by atoms with Crippen molar-refractivity contribution in [3.8, 4) is 0 Å². The molecule has 0 aliphatic carbocycles. The predicted molar refractivity (Wildman–Crippen MR) is 70.5 cm³/mol. The summed E-state index contributed by atoms with van der Waals surface area (Å²) in [5, 5.41) is 11.0. The smallest absolute Gasteiger partial charge is 0.258 e. The van der Waals surface area contributed by atoms with E-state index in [1.165, 1.54) is 12.1 Å². The number of non-ortho nitro benzene ring substituents is 1. The maximum absolute atomic E-state index is 14.5. The van der Waals surface area contributed by atoms with Gasteiger partial charge in [-0.15, -0.1) is 0 Å². The van der Waals surface area contributed by atoms with E-state index in [4.69, 9.17) is 0 Å². The minimum absolute atomic E-state index is 0.0498. The summed E-state index contributed by atoms with van der Waals surface area (Å²) >= 11 is 0. The Kier molecular flexibility index (Phi) is 3.52. The number of nitro benzene ring substituents is 1. The zero-order valence-electron chi connectivity index (χ0n) is 11.8. The first-order chi connectivity index (χ1) is 7.94. The van der Waals surface area contributed by atoms with Crippen LogP contribution in [0.1, 0.15) is 52.7 Å². The fourth-order valence-corrected chi connectivity index (χ4v) is 1.81. The third kappa shape index (κ3) is 2.86. The molecule has 0 saturated heterocycles. The minimum Gasteiger partial charge on any atom is -0.258 e. The molecule has 0 radical (unpaired) electrons. The van der Waals surface area contributed by atoms with E-state index in [9.17, 15) is 14.5 Å². The van der Waals surface area contributed by atoms with E-state index < -0.39 is 15.8 Å². The molecule has 0 unspecified atom stereocenters. The molecule has 0 spiro atoms. The van der Waals surface area contributed by atoms with Gasteiger partial charge in [0.2, 0.25) is 0 Å². The molecule has 0 fully saturated rings. The van der Waals surface area contributed by atoms with Crippen molar-refractivity contribution in [3.05, 3.63) is 39.2 Å². The van der Waals surface area contributed by atoms with Crippen LogP contribution in [0.5, 0.6) is 0 Å². The van der Waals surface area contributed by atoms with Crippen LogP contribution in [0.2, 0.25) is 0 Å². The van der Waals surface area contributed by atoms with Crippen LogP contribution >= 0.6 is 0 Å². The van der Waals surface area contributed by atoms with Gasteiger partial charge in [-0.05, 0) is 10.8 Å². The lowest BCUT2D eigenvalue weighted by atomic mass is 9.79. The molecule has 4 heteroatoms. The van der Waals surface area contributed by atoms with Crippen molar-refractivity contribution >= 4 is 5.69 Å². The Morgan fingerprint density at radius 2 is 1.33 bits per heavy atom. The number of nitro groups is 1. The van der Waals surface area contributed by atoms with Gasteiger partial charge in [0, 0.05) is 23.3 Å². The molecule has 0 bridgehead atoms. The quantitative estimate of drug-likeness (QED) is 0.552. The molecule has 0 N–H and O–H groups in total. The van der Waals surface area contributed by atoms with E-state index in [-0.39, 0.29) is 11.5 Å². The second kappa shape index (κ2) is 4.34. The topological polar surface area (TPSA) is 43.1 Å². The molecular weight excluding hydrogens is 233 g/mol. The number of hydrogen-bond acceptors (Lipinski definition) is 2. The average Bonchev–Trinajstić information content (AvgIpc) is 2.13. The first-order valence-electron chi connectivity index (χ1n) is 5.93. The average molecular weight is 253 g/mol. The number of rotatable bonds is 1. The van der Waals surface area contributed by atoms with Gasteiger partial charge >= 0.3 is 0 Å². The highest BCUT2D eigenvalue weighted by Crippen LogP contribution is 2.35. The molecule has 0 heterocycles. The predicted octanol–water partition coefficient (Wildman–Crippen LogP) is 4.33. The summed E-state index contributed by atoms with van der Waals surface area (Å²) in [6, 6.07) is 2.68. The highest BCUT2D eigenvalue weighted by Gasteiger charge is 2.29. The maximum Gasteiger partial charge on any atom is 0.270 e. The Morgan fingerprint density at radius 1 is 1.00 bits per heavy atom. The van der Waals surface area contributed by atoms with Crippen molar-refractivity contribution in [2.75, 3.05) is 0 Å². The summed E-state index contributed by atoms with van der Waals surface area (Å²) in [5.41, 5.74) is -0.193. The molecule has 0 atom stereocenters. The Bertz CT molecular complexity index is 447. The van der Waals surface area contributed by atoms with Crippen molar-refractivity contribution < 1.29 is 9.31 Å². The minimum atomic E-state index is -0.468. The molecule has 100 valence electrons. The third-order valence-electron chi connectivity index (χ3n) is 2.88. The number of nitrogens with zero attached hydrogens (tertiary/aromatic N) is 1. The van der Waals surface area contributed by atoms with E-state index in [1.54, 1.807) is 0 Å². The van der Waals surface area contributed by atoms with Gasteiger partial charge < -0.3 is 0 Å². The first-order valence-corrected chi connectivity index (χ1v) is 5.93. The summed E-state index contributed by atoms with van der Waals surface area (Å²) in [6.07, 6.45) is 0. The SMILES string of the molecule is CC(C)(C)c1cc([N+](=O)[O-])cc(C(C)(C)C)c1F. The molecule has 18 heavy (non-hydrogen) atoms. The Balaban J connectivity index is 3.64. The van der Waals surface area contributed by atoms with Gasteiger partial charge in [0.1, 0.15) is 5.82 Å². The van der Waals surface area contributed by atoms with E-state index in [0.717, 1.165) is 0 Å². The maximum atomic E-state index is 14.5. The standard InChI is InChI=1S/C14H20FNO2/c1-13(2,3)10-7-9(16(17)18)8-11(12(10)15)14(4,5)6/h7-8H,1-6H3. The number of halogens is 1. The molecule has 1 rings (SSSR count). The Morgan fingerprint density at radius 3 is 1.56 bits per heavy atom. The molecule has 0 amide bonds. The highest BCUT2D eigenvalue weighted by molar-refractivity contribution is 5.45. The molecule has 0 aromatic heterocycles. The molecule has 0 aliphatic heterocycles. The molecule has 0 saturated carbocycles. The second-order valence-corrected chi connectivity index (χ2v) is 6.61. The fraction of sp³-hybridized carbons (Fsp3) is 0.571. The molecule has 0 aliphatic rings. The van der Waals surface area contributed by atoms with Crippen molar-refractivity contribution in [3.63, 3.8) is 0 Å².